The number of benzene rings is 1. The Morgan fingerprint density at radius 1 is 1.40 bits per heavy atom. The first kappa shape index (κ1) is 17.5. The van der Waals surface area contributed by atoms with E-state index >= 15 is 0 Å². The highest BCUT2D eigenvalue weighted by molar-refractivity contribution is 5.24. The fourth-order valence-corrected chi connectivity index (χ4v) is 3.34. The lowest BCUT2D eigenvalue weighted by molar-refractivity contribution is 0.233. The van der Waals surface area contributed by atoms with Crippen LogP contribution in [0.15, 0.2) is 35.1 Å². The SMILES string of the molecule is C=C(C)C(CO)CCn1nc2n(c1=O)C(c1cc(F)cc(F)c1)CC2. The van der Waals surface area contributed by atoms with Gasteiger partial charge >= 0.3 is 5.69 Å². The molecule has 1 aromatic carbocycles. The highest BCUT2D eigenvalue weighted by Crippen LogP contribution is 2.30. The Hall–Kier alpha value is -2.28. The maximum Gasteiger partial charge on any atom is 0.346 e. The van der Waals surface area contributed by atoms with Crippen molar-refractivity contribution in [3.8, 4) is 0 Å². The van der Waals surface area contributed by atoms with E-state index in [-0.39, 0.29) is 18.2 Å². The highest BCUT2D eigenvalue weighted by Gasteiger charge is 2.29. The lowest BCUT2D eigenvalue weighted by Gasteiger charge is -2.14. The summed E-state index contributed by atoms with van der Waals surface area (Å²) in [6.07, 6.45) is 1.72. The number of rotatable bonds is 6. The van der Waals surface area contributed by atoms with Gasteiger partial charge in [-0.3, -0.25) is 4.57 Å². The topological polar surface area (TPSA) is 60.0 Å². The van der Waals surface area contributed by atoms with Crippen molar-refractivity contribution in [3.63, 3.8) is 0 Å². The molecule has 1 aliphatic heterocycles. The minimum atomic E-state index is -0.656. The van der Waals surface area contributed by atoms with Crippen LogP contribution in [0.2, 0.25) is 0 Å². The molecule has 1 aliphatic rings. The number of aliphatic hydroxyl groups is 1. The number of aryl methyl sites for hydroxylation is 2. The van der Waals surface area contributed by atoms with E-state index in [0.717, 1.165) is 11.6 Å². The molecule has 0 spiro atoms. The molecule has 3 rings (SSSR count). The summed E-state index contributed by atoms with van der Waals surface area (Å²) >= 11 is 0. The van der Waals surface area contributed by atoms with Crippen LogP contribution in [0.4, 0.5) is 8.78 Å². The molecule has 5 nitrogen and oxygen atoms in total. The quantitative estimate of drug-likeness (QED) is 0.815. The van der Waals surface area contributed by atoms with Gasteiger partial charge in [0, 0.05) is 31.6 Å². The van der Waals surface area contributed by atoms with E-state index in [1.807, 2.05) is 6.92 Å². The van der Waals surface area contributed by atoms with E-state index in [0.29, 0.717) is 37.2 Å². The summed E-state index contributed by atoms with van der Waals surface area (Å²) in [5, 5.41) is 13.7. The Morgan fingerprint density at radius 2 is 2.08 bits per heavy atom. The average Bonchev–Trinajstić information content (AvgIpc) is 3.08. The van der Waals surface area contributed by atoms with Crippen molar-refractivity contribution >= 4 is 0 Å². The van der Waals surface area contributed by atoms with E-state index in [1.54, 1.807) is 0 Å². The van der Waals surface area contributed by atoms with Gasteiger partial charge in [0.05, 0.1) is 6.04 Å². The second kappa shape index (κ2) is 6.92. The molecule has 0 amide bonds. The first-order valence-electron chi connectivity index (χ1n) is 8.31. The van der Waals surface area contributed by atoms with Crippen LogP contribution in [0.25, 0.3) is 0 Å². The fraction of sp³-hybridized carbons (Fsp3) is 0.444. The Morgan fingerprint density at radius 3 is 2.68 bits per heavy atom. The van der Waals surface area contributed by atoms with Gasteiger partial charge in [0.25, 0.3) is 0 Å². The maximum atomic E-state index is 13.5. The van der Waals surface area contributed by atoms with Crippen LogP contribution in [0, 0.1) is 17.6 Å². The monoisotopic (exact) mass is 349 g/mol. The standard InChI is InChI=1S/C18H21F2N3O2/c1-11(2)12(10-24)5-6-22-18(25)23-16(3-4-17(23)21-22)13-7-14(19)9-15(20)8-13/h7-9,12,16,24H,1,3-6,10H2,2H3. The van der Waals surface area contributed by atoms with Crippen LogP contribution in [0.1, 0.15) is 37.2 Å². The second-order valence-corrected chi connectivity index (χ2v) is 6.56. The molecule has 7 heteroatoms. The number of hydrogen-bond donors (Lipinski definition) is 1. The number of aromatic nitrogens is 3. The molecule has 1 aromatic heterocycles. The molecule has 0 fully saturated rings. The first-order valence-corrected chi connectivity index (χ1v) is 8.31. The van der Waals surface area contributed by atoms with Crippen molar-refractivity contribution < 1.29 is 13.9 Å². The molecule has 0 bridgehead atoms. The van der Waals surface area contributed by atoms with Gasteiger partial charge in [-0.1, -0.05) is 12.2 Å². The molecule has 2 atom stereocenters. The lowest BCUT2D eigenvalue weighted by atomic mass is 9.99. The summed E-state index contributed by atoms with van der Waals surface area (Å²) in [6.45, 7) is 6.01. The van der Waals surface area contributed by atoms with Crippen LogP contribution in [0.5, 0.6) is 0 Å². The normalized spacial score (nSPS) is 17.5. The van der Waals surface area contributed by atoms with Crippen molar-refractivity contribution in [1.29, 1.82) is 0 Å². The summed E-state index contributed by atoms with van der Waals surface area (Å²) in [5.74, 6) is -0.778. The summed E-state index contributed by atoms with van der Waals surface area (Å²) in [7, 11) is 0. The molecule has 2 aromatic rings. The molecule has 0 aliphatic carbocycles. The molecule has 2 heterocycles. The zero-order valence-electron chi connectivity index (χ0n) is 14.1. The molecule has 134 valence electrons. The van der Waals surface area contributed by atoms with Gasteiger partial charge in [0.1, 0.15) is 17.5 Å². The van der Waals surface area contributed by atoms with Crippen LogP contribution in [0.3, 0.4) is 0 Å². The highest BCUT2D eigenvalue weighted by atomic mass is 19.1. The zero-order valence-corrected chi connectivity index (χ0v) is 14.1. The molecule has 0 saturated heterocycles. The number of aliphatic hydroxyl groups excluding tert-OH is 1. The molecule has 25 heavy (non-hydrogen) atoms. The maximum absolute atomic E-state index is 13.5. The van der Waals surface area contributed by atoms with Gasteiger partial charge in [0.15, 0.2) is 0 Å². The summed E-state index contributed by atoms with van der Waals surface area (Å²) < 4.78 is 29.9. The van der Waals surface area contributed by atoms with Crippen molar-refractivity contribution in [1.82, 2.24) is 14.3 Å². The Labute approximate surface area is 144 Å². The first-order chi connectivity index (χ1) is 11.9. The minimum absolute atomic E-state index is 0.0250. The van der Waals surface area contributed by atoms with Crippen molar-refractivity contribution in [2.24, 2.45) is 5.92 Å². The summed E-state index contributed by atoms with van der Waals surface area (Å²) in [4.78, 5) is 12.7. The smallest absolute Gasteiger partial charge is 0.346 e. The average molecular weight is 349 g/mol. The van der Waals surface area contributed by atoms with E-state index in [2.05, 4.69) is 11.7 Å². The van der Waals surface area contributed by atoms with Crippen molar-refractivity contribution in [2.75, 3.05) is 6.61 Å². The van der Waals surface area contributed by atoms with Gasteiger partial charge in [0.2, 0.25) is 0 Å². The van der Waals surface area contributed by atoms with Crippen molar-refractivity contribution in [2.45, 2.75) is 38.8 Å². The van der Waals surface area contributed by atoms with Crippen LogP contribution < -0.4 is 5.69 Å². The molecular weight excluding hydrogens is 328 g/mol. The van der Waals surface area contributed by atoms with Gasteiger partial charge < -0.3 is 5.11 Å². The van der Waals surface area contributed by atoms with Crippen LogP contribution in [-0.4, -0.2) is 26.1 Å². The molecular formula is C18H21F2N3O2. The summed E-state index contributed by atoms with van der Waals surface area (Å²) in [6, 6.07) is 2.93. The second-order valence-electron chi connectivity index (χ2n) is 6.56. The van der Waals surface area contributed by atoms with Crippen molar-refractivity contribution in [3.05, 3.63) is 63.9 Å². The number of fused-ring (bicyclic) bond motifs is 1. The largest absolute Gasteiger partial charge is 0.396 e. The van der Waals surface area contributed by atoms with Crippen LogP contribution in [-0.2, 0) is 13.0 Å². The Kier molecular flexibility index (Phi) is 4.85. The van der Waals surface area contributed by atoms with Crippen LogP contribution >= 0.6 is 0 Å². The molecule has 2 unspecified atom stereocenters. The Bertz CT molecular complexity index is 836. The van der Waals surface area contributed by atoms with Gasteiger partial charge in [-0.25, -0.2) is 18.3 Å². The fourth-order valence-electron chi connectivity index (χ4n) is 3.34. The van der Waals surface area contributed by atoms with Gasteiger partial charge in [-0.05, 0) is 37.5 Å². The summed E-state index contributed by atoms with van der Waals surface area (Å²) in [5.41, 5.74) is 1.00. The number of halogens is 2. The third-order valence-electron chi connectivity index (χ3n) is 4.77. The minimum Gasteiger partial charge on any atom is -0.396 e. The van der Waals surface area contributed by atoms with E-state index < -0.39 is 17.7 Å². The predicted molar refractivity (Wildman–Crippen MR) is 89.3 cm³/mol. The third-order valence-corrected chi connectivity index (χ3v) is 4.77. The Balaban J connectivity index is 1.87. The van der Waals surface area contributed by atoms with E-state index in [9.17, 15) is 18.7 Å². The lowest BCUT2D eigenvalue weighted by Crippen LogP contribution is -2.28. The zero-order chi connectivity index (χ0) is 18.1. The predicted octanol–water partition coefficient (Wildman–Crippen LogP) is 2.43. The van der Waals surface area contributed by atoms with Gasteiger partial charge in [-0.15, -0.1) is 0 Å². The number of hydrogen-bond acceptors (Lipinski definition) is 3. The third kappa shape index (κ3) is 3.42. The molecule has 0 saturated carbocycles. The number of nitrogens with zero attached hydrogens (tertiary/aromatic N) is 3. The molecule has 0 radical (unpaired) electrons. The molecule has 1 N–H and O–H groups in total. The van der Waals surface area contributed by atoms with E-state index in [1.165, 1.54) is 21.4 Å². The van der Waals surface area contributed by atoms with E-state index in [4.69, 9.17) is 0 Å². The van der Waals surface area contributed by atoms with Gasteiger partial charge in [-0.2, -0.15) is 5.10 Å².